The molecule has 0 spiro atoms. The molecule has 37 heavy (non-hydrogen) atoms. The van der Waals surface area contributed by atoms with Gasteiger partial charge in [0.2, 0.25) is 5.88 Å². The van der Waals surface area contributed by atoms with Gasteiger partial charge in [0.05, 0.1) is 12.6 Å². The fourth-order valence-corrected chi connectivity index (χ4v) is 5.47. The summed E-state index contributed by atoms with van der Waals surface area (Å²) in [5.74, 6) is -1.27. The summed E-state index contributed by atoms with van der Waals surface area (Å²) in [6.07, 6.45) is 3.12. The lowest BCUT2D eigenvalue weighted by Crippen LogP contribution is -2.44. The molecule has 2 N–H and O–H groups in total. The SMILES string of the molecule is COc1ncc(-c2cc3c(N4CCNCC4)ncnc3cc2C)cc1NS(=O)(=O)c1ccc(F)cc1F. The predicted octanol–water partition coefficient (Wildman–Crippen LogP) is 3.50. The van der Waals surface area contributed by atoms with E-state index in [2.05, 4.69) is 29.9 Å². The number of aromatic nitrogens is 3. The second-order valence-corrected chi connectivity index (χ2v) is 10.2. The van der Waals surface area contributed by atoms with Crippen molar-refractivity contribution < 1.29 is 21.9 Å². The summed E-state index contributed by atoms with van der Waals surface area (Å²) in [6.45, 7) is 5.25. The van der Waals surface area contributed by atoms with Gasteiger partial charge in [-0.3, -0.25) is 4.72 Å². The maximum absolute atomic E-state index is 14.2. The van der Waals surface area contributed by atoms with Gasteiger partial charge in [0, 0.05) is 49.4 Å². The highest BCUT2D eigenvalue weighted by Gasteiger charge is 2.23. The first kappa shape index (κ1) is 24.8. The molecule has 2 aromatic carbocycles. The number of nitrogens with zero attached hydrogens (tertiary/aromatic N) is 4. The quantitative estimate of drug-likeness (QED) is 0.393. The van der Waals surface area contributed by atoms with Crippen LogP contribution >= 0.6 is 0 Å². The second kappa shape index (κ2) is 9.87. The molecule has 0 atom stereocenters. The van der Waals surface area contributed by atoms with E-state index in [1.807, 2.05) is 19.1 Å². The number of hydrogen-bond donors (Lipinski definition) is 2. The van der Waals surface area contributed by atoms with Gasteiger partial charge in [-0.2, -0.15) is 0 Å². The van der Waals surface area contributed by atoms with E-state index < -0.39 is 26.6 Å². The van der Waals surface area contributed by atoms with E-state index in [-0.39, 0.29) is 11.6 Å². The number of sulfonamides is 1. The van der Waals surface area contributed by atoms with Crippen LogP contribution in [0.1, 0.15) is 5.56 Å². The Morgan fingerprint density at radius 2 is 1.84 bits per heavy atom. The number of hydrogen-bond acceptors (Lipinski definition) is 8. The molecule has 1 saturated heterocycles. The summed E-state index contributed by atoms with van der Waals surface area (Å²) in [5, 5.41) is 4.19. The minimum absolute atomic E-state index is 0.00174. The Bertz CT molecular complexity index is 1590. The first-order chi connectivity index (χ1) is 17.8. The topological polar surface area (TPSA) is 109 Å². The second-order valence-electron chi connectivity index (χ2n) is 8.58. The highest BCUT2D eigenvalue weighted by Crippen LogP contribution is 2.35. The van der Waals surface area contributed by atoms with E-state index >= 15 is 0 Å². The van der Waals surface area contributed by atoms with E-state index in [0.717, 1.165) is 66.2 Å². The van der Waals surface area contributed by atoms with Crippen molar-refractivity contribution in [1.82, 2.24) is 20.3 Å². The lowest BCUT2D eigenvalue weighted by molar-refractivity contribution is 0.400. The number of benzene rings is 2. The van der Waals surface area contributed by atoms with Crippen molar-refractivity contribution >= 4 is 32.4 Å². The number of ether oxygens (including phenoxy) is 1. The maximum Gasteiger partial charge on any atom is 0.264 e. The average molecular weight is 527 g/mol. The molecular weight excluding hydrogens is 502 g/mol. The number of pyridine rings is 1. The fourth-order valence-electron chi connectivity index (χ4n) is 4.36. The van der Waals surface area contributed by atoms with Gasteiger partial charge in [-0.25, -0.2) is 32.2 Å². The summed E-state index contributed by atoms with van der Waals surface area (Å²) < 4.78 is 61.0. The minimum atomic E-state index is -4.40. The van der Waals surface area contributed by atoms with Crippen molar-refractivity contribution in [1.29, 1.82) is 0 Å². The zero-order chi connectivity index (χ0) is 26.2. The first-order valence-electron chi connectivity index (χ1n) is 11.5. The van der Waals surface area contributed by atoms with Crippen molar-refractivity contribution in [2.24, 2.45) is 0 Å². The Labute approximate surface area is 212 Å². The van der Waals surface area contributed by atoms with Crippen LogP contribution in [0.4, 0.5) is 20.3 Å². The third-order valence-electron chi connectivity index (χ3n) is 6.16. The number of rotatable bonds is 6. The Hall–Kier alpha value is -3.90. The number of fused-ring (bicyclic) bond motifs is 1. The zero-order valence-corrected chi connectivity index (χ0v) is 20.9. The number of aryl methyl sites for hydroxylation is 1. The van der Waals surface area contributed by atoms with Crippen LogP contribution < -0.4 is 19.7 Å². The normalized spacial score (nSPS) is 14.1. The Kier molecular flexibility index (Phi) is 6.61. The molecular formula is C25H24F2N6O3S. The van der Waals surface area contributed by atoms with Crippen LogP contribution in [-0.2, 0) is 10.0 Å². The van der Waals surface area contributed by atoms with Crippen LogP contribution in [0.5, 0.6) is 5.88 Å². The molecule has 0 aliphatic carbocycles. The van der Waals surface area contributed by atoms with Crippen LogP contribution in [-0.4, -0.2) is 56.7 Å². The third kappa shape index (κ3) is 4.89. The number of methoxy groups -OCH3 is 1. The highest BCUT2D eigenvalue weighted by molar-refractivity contribution is 7.92. The number of anilines is 2. The van der Waals surface area contributed by atoms with Crippen molar-refractivity contribution in [3.63, 3.8) is 0 Å². The van der Waals surface area contributed by atoms with Gasteiger partial charge in [0.15, 0.2) is 0 Å². The molecule has 0 saturated carbocycles. The summed E-state index contributed by atoms with van der Waals surface area (Å²) in [5.41, 5.74) is 3.09. The molecule has 0 radical (unpaired) electrons. The molecule has 3 heterocycles. The van der Waals surface area contributed by atoms with Crippen molar-refractivity contribution in [3.05, 3.63) is 66.1 Å². The van der Waals surface area contributed by atoms with Crippen molar-refractivity contribution in [2.75, 3.05) is 42.9 Å². The maximum atomic E-state index is 14.2. The molecule has 1 aliphatic rings. The molecule has 0 bridgehead atoms. The smallest absolute Gasteiger partial charge is 0.264 e. The van der Waals surface area contributed by atoms with Gasteiger partial charge in [0.25, 0.3) is 10.0 Å². The number of nitrogens with one attached hydrogen (secondary N) is 2. The highest BCUT2D eigenvalue weighted by atomic mass is 32.2. The molecule has 2 aromatic heterocycles. The monoisotopic (exact) mass is 526 g/mol. The van der Waals surface area contributed by atoms with E-state index in [1.54, 1.807) is 18.6 Å². The molecule has 4 aromatic rings. The lowest BCUT2D eigenvalue weighted by atomic mass is 9.99. The van der Waals surface area contributed by atoms with Crippen molar-refractivity contribution in [3.8, 4) is 17.0 Å². The summed E-state index contributed by atoms with van der Waals surface area (Å²) in [6, 6.07) is 7.72. The van der Waals surface area contributed by atoms with Crippen LogP contribution in [0, 0.1) is 18.6 Å². The van der Waals surface area contributed by atoms with Crippen LogP contribution in [0.3, 0.4) is 0 Å². The Balaban J connectivity index is 1.58. The number of piperazine rings is 1. The van der Waals surface area contributed by atoms with Gasteiger partial charge in [-0.1, -0.05) is 0 Å². The summed E-state index contributed by atoms with van der Waals surface area (Å²) in [7, 11) is -3.06. The molecule has 9 nitrogen and oxygen atoms in total. The Morgan fingerprint density at radius 1 is 1.05 bits per heavy atom. The summed E-state index contributed by atoms with van der Waals surface area (Å²) >= 11 is 0. The largest absolute Gasteiger partial charge is 0.480 e. The van der Waals surface area contributed by atoms with E-state index in [9.17, 15) is 17.2 Å². The minimum Gasteiger partial charge on any atom is -0.480 e. The molecule has 1 fully saturated rings. The zero-order valence-electron chi connectivity index (χ0n) is 20.1. The molecule has 0 unspecified atom stereocenters. The van der Waals surface area contributed by atoms with Crippen LogP contribution in [0.2, 0.25) is 0 Å². The van der Waals surface area contributed by atoms with Gasteiger partial charge >= 0.3 is 0 Å². The van der Waals surface area contributed by atoms with Crippen LogP contribution in [0.25, 0.3) is 22.0 Å². The van der Waals surface area contributed by atoms with Crippen LogP contribution in [0.15, 0.2) is 53.8 Å². The lowest BCUT2D eigenvalue weighted by Gasteiger charge is -2.29. The van der Waals surface area contributed by atoms with Gasteiger partial charge in [-0.15, -0.1) is 0 Å². The Morgan fingerprint density at radius 3 is 2.57 bits per heavy atom. The molecule has 12 heteroatoms. The molecule has 192 valence electrons. The van der Waals surface area contributed by atoms with Gasteiger partial charge in [-0.05, 0) is 48.4 Å². The van der Waals surface area contributed by atoms with Gasteiger partial charge in [0.1, 0.15) is 34.4 Å². The summed E-state index contributed by atoms with van der Waals surface area (Å²) in [4.78, 5) is 14.7. The molecule has 5 rings (SSSR count). The third-order valence-corrected chi connectivity index (χ3v) is 7.56. The average Bonchev–Trinajstić information content (AvgIpc) is 2.88. The number of halogens is 2. The predicted molar refractivity (Wildman–Crippen MR) is 136 cm³/mol. The van der Waals surface area contributed by atoms with E-state index in [4.69, 9.17) is 4.74 Å². The van der Waals surface area contributed by atoms with Crippen molar-refractivity contribution in [2.45, 2.75) is 11.8 Å². The molecule has 1 aliphatic heterocycles. The van der Waals surface area contributed by atoms with Gasteiger partial charge < -0.3 is 15.0 Å². The standard InChI is InChI=1S/C25H24F2N6O3S/c1-15-9-21-19(24(31-14-30-21)33-7-5-28-6-8-33)12-18(15)16-10-22(25(36-2)29-13-16)32-37(34,35)23-4-3-17(26)11-20(23)27/h3-4,9-14,28,32H,5-8H2,1-2H3. The first-order valence-corrected chi connectivity index (χ1v) is 13.0. The fraction of sp³-hybridized carbons (Fsp3) is 0.240. The van der Waals surface area contributed by atoms with E-state index in [1.165, 1.54) is 7.11 Å². The molecule has 0 amide bonds. The van der Waals surface area contributed by atoms with E-state index in [0.29, 0.717) is 11.6 Å².